The standard InChI is InChI=1S/C19H15NO3S/c1-12(21)20-18-16(19(22)23)15(13-8-4-2-5-9-13)17(24-18)14-10-6-3-7-11-14/h2-11H,1H3,(H,20,21)(H,22,23). The van der Waals surface area contributed by atoms with Crippen LogP contribution in [0.1, 0.15) is 17.3 Å². The van der Waals surface area contributed by atoms with E-state index in [1.54, 1.807) is 0 Å². The molecule has 0 radical (unpaired) electrons. The zero-order chi connectivity index (χ0) is 17.1. The number of anilines is 1. The smallest absolute Gasteiger partial charge is 0.339 e. The van der Waals surface area contributed by atoms with Crippen molar-refractivity contribution in [1.82, 2.24) is 0 Å². The molecule has 2 aromatic carbocycles. The summed E-state index contributed by atoms with van der Waals surface area (Å²) in [6.45, 7) is 1.37. The van der Waals surface area contributed by atoms with Gasteiger partial charge in [0.15, 0.2) is 0 Å². The number of hydrogen-bond donors (Lipinski definition) is 2. The Bertz CT molecular complexity index is 886. The number of rotatable bonds is 4. The number of carboxylic acid groups (broad SMARTS) is 1. The summed E-state index contributed by atoms with van der Waals surface area (Å²) in [4.78, 5) is 24.2. The normalized spacial score (nSPS) is 10.4. The van der Waals surface area contributed by atoms with Gasteiger partial charge in [-0.1, -0.05) is 60.7 Å². The van der Waals surface area contributed by atoms with Crippen molar-refractivity contribution in [2.24, 2.45) is 0 Å². The summed E-state index contributed by atoms with van der Waals surface area (Å²) in [5.74, 6) is -1.35. The average molecular weight is 337 g/mol. The van der Waals surface area contributed by atoms with Crippen LogP contribution >= 0.6 is 11.3 Å². The molecule has 1 heterocycles. The molecule has 0 aliphatic rings. The Morgan fingerprint density at radius 2 is 1.46 bits per heavy atom. The highest BCUT2D eigenvalue weighted by Crippen LogP contribution is 2.45. The number of hydrogen-bond acceptors (Lipinski definition) is 3. The minimum atomic E-state index is -1.06. The number of nitrogens with one attached hydrogen (secondary N) is 1. The first-order chi connectivity index (χ1) is 11.6. The monoisotopic (exact) mass is 337 g/mol. The minimum Gasteiger partial charge on any atom is -0.478 e. The molecule has 0 saturated carbocycles. The lowest BCUT2D eigenvalue weighted by Gasteiger charge is -2.06. The van der Waals surface area contributed by atoms with E-state index in [0.717, 1.165) is 16.0 Å². The van der Waals surface area contributed by atoms with Crippen LogP contribution in [0.15, 0.2) is 60.7 Å². The Kier molecular flexibility index (Phi) is 4.44. The second-order valence-corrected chi connectivity index (χ2v) is 6.25. The van der Waals surface area contributed by atoms with E-state index in [0.29, 0.717) is 10.6 Å². The third-order valence-corrected chi connectivity index (χ3v) is 4.66. The average Bonchev–Trinajstić information content (AvgIpc) is 2.95. The van der Waals surface area contributed by atoms with E-state index in [1.165, 1.54) is 18.3 Å². The van der Waals surface area contributed by atoms with E-state index >= 15 is 0 Å². The van der Waals surface area contributed by atoms with Crippen molar-refractivity contribution in [2.45, 2.75) is 6.92 Å². The molecular formula is C19H15NO3S. The highest BCUT2D eigenvalue weighted by Gasteiger charge is 2.25. The number of aromatic carboxylic acids is 1. The number of carboxylic acids is 1. The molecule has 0 spiro atoms. The first-order valence-electron chi connectivity index (χ1n) is 7.36. The highest BCUT2D eigenvalue weighted by atomic mass is 32.1. The van der Waals surface area contributed by atoms with Gasteiger partial charge in [0.1, 0.15) is 10.6 Å². The first-order valence-corrected chi connectivity index (χ1v) is 8.18. The molecule has 1 aromatic heterocycles. The van der Waals surface area contributed by atoms with E-state index in [2.05, 4.69) is 5.32 Å². The maximum Gasteiger partial charge on any atom is 0.339 e. The molecule has 120 valence electrons. The van der Waals surface area contributed by atoms with E-state index < -0.39 is 5.97 Å². The second-order valence-electron chi connectivity index (χ2n) is 5.23. The van der Waals surface area contributed by atoms with Crippen LogP contribution in [0.3, 0.4) is 0 Å². The number of carbonyl (C=O) groups is 2. The highest BCUT2D eigenvalue weighted by molar-refractivity contribution is 7.20. The second kappa shape index (κ2) is 6.68. The lowest BCUT2D eigenvalue weighted by Crippen LogP contribution is -2.09. The molecular weight excluding hydrogens is 322 g/mol. The van der Waals surface area contributed by atoms with E-state index in [1.807, 2.05) is 60.7 Å². The number of thiophene rings is 1. The summed E-state index contributed by atoms with van der Waals surface area (Å²) in [5.41, 5.74) is 2.48. The molecule has 2 N–H and O–H groups in total. The summed E-state index contributed by atoms with van der Waals surface area (Å²) in [7, 11) is 0. The van der Waals surface area contributed by atoms with Crippen molar-refractivity contribution in [3.63, 3.8) is 0 Å². The van der Waals surface area contributed by atoms with E-state index in [4.69, 9.17) is 0 Å². The van der Waals surface area contributed by atoms with Crippen LogP contribution in [0.2, 0.25) is 0 Å². The topological polar surface area (TPSA) is 66.4 Å². The Labute approximate surface area is 143 Å². The lowest BCUT2D eigenvalue weighted by molar-refractivity contribution is -0.114. The van der Waals surface area contributed by atoms with Crippen LogP contribution in [0, 0.1) is 0 Å². The largest absolute Gasteiger partial charge is 0.478 e. The molecule has 0 bridgehead atoms. The Hall–Kier alpha value is -2.92. The molecule has 0 aliphatic carbocycles. The van der Waals surface area contributed by atoms with E-state index in [-0.39, 0.29) is 11.5 Å². The van der Waals surface area contributed by atoms with Crippen LogP contribution < -0.4 is 5.32 Å². The fourth-order valence-electron chi connectivity index (χ4n) is 2.56. The van der Waals surface area contributed by atoms with Crippen LogP contribution in [0.4, 0.5) is 5.00 Å². The van der Waals surface area contributed by atoms with Gasteiger partial charge in [0.25, 0.3) is 0 Å². The van der Waals surface area contributed by atoms with Gasteiger partial charge in [0.05, 0.1) is 0 Å². The van der Waals surface area contributed by atoms with Crippen molar-refractivity contribution >= 4 is 28.2 Å². The molecule has 0 aliphatic heterocycles. The van der Waals surface area contributed by atoms with Gasteiger partial charge in [-0.2, -0.15) is 0 Å². The fourth-order valence-corrected chi connectivity index (χ4v) is 3.82. The van der Waals surface area contributed by atoms with Gasteiger partial charge in [-0.3, -0.25) is 4.79 Å². The van der Waals surface area contributed by atoms with Gasteiger partial charge in [0, 0.05) is 17.4 Å². The SMILES string of the molecule is CC(=O)Nc1sc(-c2ccccc2)c(-c2ccccc2)c1C(=O)O. The summed E-state index contributed by atoms with van der Waals surface area (Å²) in [6, 6.07) is 18.9. The molecule has 1 amide bonds. The zero-order valence-electron chi connectivity index (χ0n) is 12.9. The summed E-state index contributed by atoms with van der Waals surface area (Å²) >= 11 is 1.28. The quantitative estimate of drug-likeness (QED) is 0.723. The van der Waals surface area contributed by atoms with Gasteiger partial charge < -0.3 is 10.4 Å². The van der Waals surface area contributed by atoms with Crippen molar-refractivity contribution in [2.75, 3.05) is 5.32 Å². The number of carbonyl (C=O) groups excluding carboxylic acids is 1. The summed E-state index contributed by atoms with van der Waals surface area (Å²) in [6.07, 6.45) is 0. The fraction of sp³-hybridized carbons (Fsp3) is 0.0526. The Morgan fingerprint density at radius 1 is 0.917 bits per heavy atom. The van der Waals surface area contributed by atoms with Gasteiger partial charge in [-0.05, 0) is 11.1 Å². The molecule has 5 heteroatoms. The molecule has 3 aromatic rings. The lowest BCUT2D eigenvalue weighted by atomic mass is 9.98. The molecule has 0 saturated heterocycles. The molecule has 24 heavy (non-hydrogen) atoms. The summed E-state index contributed by atoms with van der Waals surface area (Å²) < 4.78 is 0. The van der Waals surface area contributed by atoms with Gasteiger partial charge in [0.2, 0.25) is 5.91 Å². The maximum absolute atomic E-state index is 11.9. The molecule has 4 nitrogen and oxygen atoms in total. The number of amides is 1. The molecule has 3 rings (SSSR count). The first kappa shape index (κ1) is 16.0. The van der Waals surface area contributed by atoms with Gasteiger partial charge in [-0.25, -0.2) is 4.79 Å². The van der Waals surface area contributed by atoms with Crippen molar-refractivity contribution < 1.29 is 14.7 Å². The van der Waals surface area contributed by atoms with Crippen LogP contribution in [0.25, 0.3) is 21.6 Å². The third-order valence-electron chi connectivity index (χ3n) is 3.51. The van der Waals surface area contributed by atoms with Gasteiger partial charge >= 0.3 is 5.97 Å². The third kappa shape index (κ3) is 3.07. The van der Waals surface area contributed by atoms with Crippen molar-refractivity contribution in [1.29, 1.82) is 0 Å². The van der Waals surface area contributed by atoms with Crippen molar-refractivity contribution in [3.8, 4) is 21.6 Å². The van der Waals surface area contributed by atoms with Crippen LogP contribution in [0.5, 0.6) is 0 Å². The zero-order valence-corrected chi connectivity index (χ0v) is 13.8. The van der Waals surface area contributed by atoms with Crippen molar-refractivity contribution in [3.05, 3.63) is 66.2 Å². The maximum atomic E-state index is 11.9. The van der Waals surface area contributed by atoms with Crippen LogP contribution in [-0.4, -0.2) is 17.0 Å². The predicted octanol–water partition coefficient (Wildman–Crippen LogP) is 4.74. The molecule has 0 unspecified atom stereocenters. The molecule has 0 atom stereocenters. The van der Waals surface area contributed by atoms with Gasteiger partial charge in [-0.15, -0.1) is 11.3 Å². The molecule has 0 fully saturated rings. The summed E-state index contributed by atoms with van der Waals surface area (Å²) in [5, 5.41) is 12.7. The van der Waals surface area contributed by atoms with Crippen LogP contribution in [-0.2, 0) is 4.79 Å². The minimum absolute atomic E-state index is 0.125. The van der Waals surface area contributed by atoms with E-state index in [9.17, 15) is 14.7 Å². The predicted molar refractivity (Wildman–Crippen MR) is 96.5 cm³/mol. The number of benzene rings is 2. The Balaban J connectivity index is 2.32. The Morgan fingerprint density at radius 3 is 1.96 bits per heavy atom.